The summed E-state index contributed by atoms with van der Waals surface area (Å²) in [5.74, 6) is -0.905. The summed E-state index contributed by atoms with van der Waals surface area (Å²) in [4.78, 5) is 37.5. The Labute approximate surface area is 154 Å². The second-order valence-electron chi connectivity index (χ2n) is 5.49. The van der Waals surface area contributed by atoms with Crippen LogP contribution < -0.4 is 9.80 Å². The van der Waals surface area contributed by atoms with E-state index < -0.39 is 16.7 Å². The van der Waals surface area contributed by atoms with Crippen LogP contribution in [0.5, 0.6) is 0 Å². The van der Waals surface area contributed by atoms with Gasteiger partial charge in [-0.15, -0.1) is 0 Å². The van der Waals surface area contributed by atoms with Crippen LogP contribution in [0.1, 0.15) is 12.0 Å². The Bertz CT molecular complexity index is 922. The molecule has 0 aliphatic carbocycles. The smallest absolute Gasteiger partial charge is 0.269 e. The highest BCUT2D eigenvalue weighted by atomic mass is 32.1. The number of nitrogens with zero attached hydrogens (tertiary/aromatic N) is 3. The fraction of sp³-hybridized carbons (Fsp3) is 0.0556. The highest BCUT2D eigenvalue weighted by molar-refractivity contribution is 7.81. The Hall–Kier alpha value is -3.39. The van der Waals surface area contributed by atoms with E-state index in [-0.39, 0.29) is 17.2 Å². The van der Waals surface area contributed by atoms with Gasteiger partial charge in [0.05, 0.1) is 16.3 Å². The number of carbonyl (C=O) groups is 2. The second kappa shape index (κ2) is 6.85. The van der Waals surface area contributed by atoms with Gasteiger partial charge < -0.3 is 0 Å². The van der Waals surface area contributed by atoms with Crippen LogP contribution in [0.25, 0.3) is 6.08 Å². The van der Waals surface area contributed by atoms with E-state index in [2.05, 4.69) is 6.58 Å². The Morgan fingerprint density at radius 1 is 0.962 bits per heavy atom. The van der Waals surface area contributed by atoms with Gasteiger partial charge in [0.2, 0.25) is 11.8 Å². The fourth-order valence-corrected chi connectivity index (χ4v) is 3.01. The molecule has 1 heterocycles. The lowest BCUT2D eigenvalue weighted by Crippen LogP contribution is -2.55. The summed E-state index contributed by atoms with van der Waals surface area (Å²) in [5, 5.41) is 10.8. The van der Waals surface area contributed by atoms with Gasteiger partial charge >= 0.3 is 0 Å². The molecule has 2 aromatic carbocycles. The first kappa shape index (κ1) is 17.4. The highest BCUT2D eigenvalue weighted by Crippen LogP contribution is 2.28. The molecule has 0 bridgehead atoms. The Morgan fingerprint density at radius 3 is 1.85 bits per heavy atom. The van der Waals surface area contributed by atoms with Gasteiger partial charge in [-0.2, -0.15) is 0 Å². The third-order valence-electron chi connectivity index (χ3n) is 3.89. The summed E-state index contributed by atoms with van der Waals surface area (Å²) in [6, 6.07) is 12.4. The molecule has 0 aromatic heterocycles. The Morgan fingerprint density at radius 2 is 1.42 bits per heavy atom. The third kappa shape index (κ3) is 3.09. The van der Waals surface area contributed by atoms with Gasteiger partial charge in [0.15, 0.2) is 5.11 Å². The van der Waals surface area contributed by atoms with Crippen molar-refractivity contribution in [3.8, 4) is 0 Å². The Balaban J connectivity index is 1.96. The van der Waals surface area contributed by atoms with Crippen molar-refractivity contribution < 1.29 is 14.5 Å². The zero-order valence-corrected chi connectivity index (χ0v) is 14.3. The van der Waals surface area contributed by atoms with E-state index in [1.807, 2.05) is 0 Å². The molecule has 26 heavy (non-hydrogen) atoms. The summed E-state index contributed by atoms with van der Waals surface area (Å²) in [6.45, 7) is 3.68. The van der Waals surface area contributed by atoms with Crippen LogP contribution in [0.15, 0.2) is 55.1 Å². The van der Waals surface area contributed by atoms with E-state index in [1.165, 1.54) is 34.1 Å². The first-order chi connectivity index (χ1) is 12.4. The number of rotatable bonds is 4. The summed E-state index contributed by atoms with van der Waals surface area (Å²) >= 11 is 5.37. The number of nitro groups is 1. The van der Waals surface area contributed by atoms with Crippen molar-refractivity contribution >= 4 is 52.3 Å². The molecule has 3 rings (SSSR count). The van der Waals surface area contributed by atoms with Gasteiger partial charge in [-0.3, -0.25) is 29.5 Å². The summed E-state index contributed by atoms with van der Waals surface area (Å²) in [7, 11) is 0. The second-order valence-corrected chi connectivity index (χ2v) is 5.85. The number of carbonyl (C=O) groups excluding carboxylic acids is 2. The summed E-state index contributed by atoms with van der Waals surface area (Å²) in [6.07, 6.45) is 1.33. The van der Waals surface area contributed by atoms with Gasteiger partial charge in [-0.1, -0.05) is 24.8 Å². The molecule has 0 N–H and O–H groups in total. The molecule has 1 fully saturated rings. The molecule has 0 radical (unpaired) electrons. The van der Waals surface area contributed by atoms with Crippen molar-refractivity contribution in [1.82, 2.24) is 0 Å². The first-order valence-corrected chi connectivity index (χ1v) is 8.00. The molecule has 7 nitrogen and oxygen atoms in total. The number of anilines is 2. The average molecular weight is 367 g/mol. The highest BCUT2D eigenvalue weighted by Gasteiger charge is 2.37. The number of hydrogen-bond donors (Lipinski definition) is 0. The third-order valence-corrected chi connectivity index (χ3v) is 4.25. The van der Waals surface area contributed by atoms with Crippen molar-refractivity contribution in [2.24, 2.45) is 0 Å². The van der Waals surface area contributed by atoms with Crippen molar-refractivity contribution in [3.05, 3.63) is 70.8 Å². The van der Waals surface area contributed by atoms with Crippen LogP contribution in [0.2, 0.25) is 0 Å². The fourth-order valence-electron chi connectivity index (χ4n) is 2.59. The number of thiocarbonyl (C=S) groups is 1. The van der Waals surface area contributed by atoms with Gasteiger partial charge in [-0.05, 0) is 42.0 Å². The van der Waals surface area contributed by atoms with Crippen LogP contribution in [-0.4, -0.2) is 21.9 Å². The van der Waals surface area contributed by atoms with Crippen molar-refractivity contribution in [1.29, 1.82) is 0 Å². The molecule has 1 aliphatic rings. The average Bonchev–Trinajstić information content (AvgIpc) is 2.62. The lowest BCUT2D eigenvalue weighted by molar-refractivity contribution is -0.384. The van der Waals surface area contributed by atoms with Crippen LogP contribution >= 0.6 is 12.2 Å². The molecule has 0 spiro atoms. The zero-order valence-electron chi connectivity index (χ0n) is 13.5. The van der Waals surface area contributed by atoms with Crippen molar-refractivity contribution in [2.45, 2.75) is 6.42 Å². The van der Waals surface area contributed by atoms with E-state index in [4.69, 9.17) is 12.2 Å². The maximum absolute atomic E-state index is 12.4. The Kier molecular flexibility index (Phi) is 4.59. The normalized spacial score (nSPS) is 14.5. The van der Waals surface area contributed by atoms with Crippen molar-refractivity contribution in [3.63, 3.8) is 0 Å². The van der Waals surface area contributed by atoms with Crippen LogP contribution in [0.4, 0.5) is 17.1 Å². The number of nitro benzene ring substituents is 1. The molecule has 1 aliphatic heterocycles. The molecular formula is C18H13N3O4S. The van der Waals surface area contributed by atoms with E-state index in [0.717, 1.165) is 5.56 Å². The molecular weight excluding hydrogens is 354 g/mol. The summed E-state index contributed by atoms with van der Waals surface area (Å²) < 4.78 is 0. The van der Waals surface area contributed by atoms with Gasteiger partial charge in [0.1, 0.15) is 6.42 Å². The molecule has 2 aromatic rings. The van der Waals surface area contributed by atoms with E-state index in [9.17, 15) is 19.7 Å². The van der Waals surface area contributed by atoms with Gasteiger partial charge in [0.25, 0.3) is 5.69 Å². The number of hydrogen-bond acceptors (Lipinski definition) is 5. The van der Waals surface area contributed by atoms with E-state index >= 15 is 0 Å². The molecule has 1 saturated heterocycles. The standard InChI is InChI=1S/C18H13N3O4S/c1-2-12-3-5-13(6-4-12)19-16(22)11-17(23)20(18(19)26)14-7-9-15(10-8-14)21(24)25/h2-10H,1,11H2. The van der Waals surface area contributed by atoms with E-state index in [0.29, 0.717) is 11.4 Å². The minimum Gasteiger partial charge on any atom is -0.273 e. The molecule has 2 amide bonds. The SMILES string of the molecule is C=Cc1ccc(N2C(=O)CC(=O)N(c3ccc([N+](=O)[O-])cc3)C2=S)cc1. The predicted molar refractivity (Wildman–Crippen MR) is 102 cm³/mol. The first-order valence-electron chi connectivity index (χ1n) is 7.59. The summed E-state index contributed by atoms with van der Waals surface area (Å²) in [5.41, 5.74) is 1.68. The van der Waals surface area contributed by atoms with Crippen LogP contribution in [0, 0.1) is 10.1 Å². The largest absolute Gasteiger partial charge is 0.273 e. The topological polar surface area (TPSA) is 83.8 Å². The zero-order chi connectivity index (χ0) is 18.8. The van der Waals surface area contributed by atoms with Gasteiger partial charge in [-0.25, -0.2) is 0 Å². The maximum Gasteiger partial charge on any atom is 0.269 e. The quantitative estimate of drug-likeness (QED) is 0.358. The molecule has 0 saturated carbocycles. The van der Waals surface area contributed by atoms with E-state index in [1.54, 1.807) is 30.3 Å². The van der Waals surface area contributed by atoms with Gasteiger partial charge in [0, 0.05) is 12.1 Å². The minimum absolute atomic E-state index is 0.00598. The lowest BCUT2D eigenvalue weighted by Gasteiger charge is -2.35. The predicted octanol–water partition coefficient (Wildman–Crippen LogP) is 3.29. The number of benzene rings is 2. The molecule has 130 valence electrons. The van der Waals surface area contributed by atoms with Crippen molar-refractivity contribution in [2.75, 3.05) is 9.80 Å². The minimum atomic E-state index is -0.531. The number of non-ortho nitro benzene ring substituents is 1. The maximum atomic E-state index is 12.4. The lowest BCUT2D eigenvalue weighted by atomic mass is 10.1. The monoisotopic (exact) mass is 367 g/mol. The van der Waals surface area contributed by atoms with Crippen LogP contribution in [-0.2, 0) is 9.59 Å². The van der Waals surface area contributed by atoms with Crippen LogP contribution in [0.3, 0.4) is 0 Å². The molecule has 0 atom stereocenters. The molecule has 8 heteroatoms. The number of amides is 2. The molecule has 0 unspecified atom stereocenters.